The Kier molecular flexibility index (Phi) is 5.30. The first-order chi connectivity index (χ1) is 10.1. The number of benzene rings is 1. The first-order valence-electron chi connectivity index (χ1n) is 7.00. The van der Waals surface area contributed by atoms with Crippen molar-refractivity contribution < 1.29 is 13.9 Å². The van der Waals surface area contributed by atoms with Gasteiger partial charge in [-0.15, -0.1) is 0 Å². The molecule has 0 atom stereocenters. The van der Waals surface area contributed by atoms with Gasteiger partial charge in [0.15, 0.2) is 11.5 Å². The molecule has 0 aliphatic carbocycles. The first kappa shape index (κ1) is 15.5. The number of carbonyl (C=O) groups excluding carboxylic acids is 1. The molecule has 0 spiro atoms. The minimum atomic E-state index is -0.0990. The number of methoxy groups -OCH3 is 1. The molecule has 6 heteroatoms. The molecule has 6 nitrogen and oxygen atoms in total. The molecule has 1 heterocycles. The van der Waals surface area contributed by atoms with Gasteiger partial charge in [-0.1, -0.05) is 13.8 Å². The Balaban J connectivity index is 1.97. The van der Waals surface area contributed by atoms with Crippen molar-refractivity contribution in [3.8, 4) is 0 Å². The van der Waals surface area contributed by atoms with Crippen molar-refractivity contribution in [3.63, 3.8) is 0 Å². The fraction of sp³-hybridized carbons (Fsp3) is 0.467. The highest BCUT2D eigenvalue weighted by molar-refractivity contribution is 5.94. The van der Waals surface area contributed by atoms with Crippen molar-refractivity contribution in [2.24, 2.45) is 0 Å². The van der Waals surface area contributed by atoms with E-state index in [1.54, 1.807) is 7.11 Å². The average molecular weight is 291 g/mol. The highest BCUT2D eigenvalue weighted by atomic mass is 16.5. The number of nitrogens with zero attached hydrogens (tertiary/aromatic N) is 1. The fourth-order valence-corrected chi connectivity index (χ4v) is 1.85. The number of amides is 1. The average Bonchev–Trinajstić information content (AvgIpc) is 2.87. The van der Waals surface area contributed by atoms with Crippen LogP contribution in [-0.4, -0.2) is 37.7 Å². The van der Waals surface area contributed by atoms with Gasteiger partial charge in [0.05, 0.1) is 13.2 Å². The molecule has 1 aromatic heterocycles. The summed E-state index contributed by atoms with van der Waals surface area (Å²) >= 11 is 0. The predicted molar refractivity (Wildman–Crippen MR) is 81.5 cm³/mol. The molecule has 0 unspecified atom stereocenters. The lowest BCUT2D eigenvalue weighted by molar-refractivity contribution is -0.115. The van der Waals surface area contributed by atoms with Crippen LogP contribution >= 0.6 is 0 Å². The lowest BCUT2D eigenvalue weighted by Crippen LogP contribution is -2.30. The minimum Gasteiger partial charge on any atom is -0.440 e. The Hall–Kier alpha value is -1.92. The summed E-state index contributed by atoms with van der Waals surface area (Å²) in [6.07, 6.45) is 0. The molecule has 0 saturated carbocycles. The van der Waals surface area contributed by atoms with E-state index in [2.05, 4.69) is 15.6 Å². The summed E-state index contributed by atoms with van der Waals surface area (Å²) < 4.78 is 10.5. The van der Waals surface area contributed by atoms with Crippen molar-refractivity contribution in [1.29, 1.82) is 0 Å². The third-order valence-electron chi connectivity index (χ3n) is 2.95. The van der Waals surface area contributed by atoms with E-state index in [0.29, 0.717) is 24.7 Å². The van der Waals surface area contributed by atoms with Crippen molar-refractivity contribution in [2.75, 3.05) is 32.1 Å². The van der Waals surface area contributed by atoms with Crippen LogP contribution < -0.4 is 10.6 Å². The van der Waals surface area contributed by atoms with Crippen LogP contribution in [0.15, 0.2) is 22.6 Å². The smallest absolute Gasteiger partial charge is 0.238 e. The second-order valence-electron chi connectivity index (χ2n) is 5.11. The van der Waals surface area contributed by atoms with E-state index in [1.165, 1.54) is 0 Å². The second-order valence-corrected chi connectivity index (χ2v) is 5.11. The van der Waals surface area contributed by atoms with Crippen LogP contribution in [0.4, 0.5) is 5.69 Å². The van der Waals surface area contributed by atoms with E-state index >= 15 is 0 Å². The fourth-order valence-electron chi connectivity index (χ4n) is 1.85. The SMILES string of the molecule is COCCNCC(=O)Nc1ccc2oc(C(C)C)nc2c1. The normalized spacial score (nSPS) is 11.2. The molecule has 21 heavy (non-hydrogen) atoms. The van der Waals surface area contributed by atoms with Gasteiger partial charge >= 0.3 is 0 Å². The van der Waals surface area contributed by atoms with Gasteiger partial charge < -0.3 is 19.8 Å². The Morgan fingerprint density at radius 2 is 2.24 bits per heavy atom. The Bertz CT molecular complexity index is 607. The maximum atomic E-state index is 11.8. The number of anilines is 1. The minimum absolute atomic E-state index is 0.0990. The number of oxazole rings is 1. The summed E-state index contributed by atoms with van der Waals surface area (Å²) in [6, 6.07) is 5.45. The van der Waals surface area contributed by atoms with Gasteiger partial charge in [0, 0.05) is 25.3 Å². The largest absolute Gasteiger partial charge is 0.440 e. The molecule has 1 aromatic carbocycles. The Labute approximate surface area is 123 Å². The molecular formula is C15H21N3O3. The quantitative estimate of drug-likeness (QED) is 0.764. The van der Waals surface area contributed by atoms with Crippen LogP contribution in [-0.2, 0) is 9.53 Å². The number of nitrogens with one attached hydrogen (secondary N) is 2. The van der Waals surface area contributed by atoms with Crippen molar-refractivity contribution in [3.05, 3.63) is 24.1 Å². The zero-order valence-corrected chi connectivity index (χ0v) is 12.6. The zero-order chi connectivity index (χ0) is 15.2. The zero-order valence-electron chi connectivity index (χ0n) is 12.6. The second kappa shape index (κ2) is 7.19. The summed E-state index contributed by atoms with van der Waals surface area (Å²) in [4.78, 5) is 16.2. The first-order valence-corrected chi connectivity index (χ1v) is 7.00. The maximum absolute atomic E-state index is 11.8. The molecule has 0 fully saturated rings. The van der Waals surface area contributed by atoms with Crippen LogP contribution in [0.1, 0.15) is 25.7 Å². The van der Waals surface area contributed by atoms with Crippen LogP contribution in [0, 0.1) is 0 Å². The molecule has 0 bridgehead atoms. The molecular weight excluding hydrogens is 270 g/mol. The Morgan fingerprint density at radius 3 is 2.95 bits per heavy atom. The number of ether oxygens (including phenoxy) is 1. The number of rotatable bonds is 7. The van der Waals surface area contributed by atoms with E-state index in [1.807, 2.05) is 32.0 Å². The van der Waals surface area contributed by atoms with Crippen molar-refractivity contribution >= 4 is 22.7 Å². The van der Waals surface area contributed by atoms with Gasteiger partial charge in [-0.05, 0) is 18.2 Å². The summed E-state index contributed by atoms with van der Waals surface area (Å²) in [5, 5.41) is 5.82. The van der Waals surface area contributed by atoms with Gasteiger partial charge in [-0.25, -0.2) is 4.98 Å². The predicted octanol–water partition coefficient (Wildman–Crippen LogP) is 2.13. The molecule has 0 saturated heterocycles. The molecule has 2 N–H and O–H groups in total. The number of hydrogen-bond donors (Lipinski definition) is 2. The van der Waals surface area contributed by atoms with Gasteiger partial charge in [0.2, 0.25) is 5.91 Å². The van der Waals surface area contributed by atoms with Crippen LogP contribution in [0.5, 0.6) is 0 Å². The Morgan fingerprint density at radius 1 is 1.43 bits per heavy atom. The summed E-state index contributed by atoms with van der Waals surface area (Å²) in [7, 11) is 1.63. The van der Waals surface area contributed by atoms with Gasteiger partial charge in [0.25, 0.3) is 0 Å². The highest BCUT2D eigenvalue weighted by Gasteiger charge is 2.10. The van der Waals surface area contributed by atoms with Crippen molar-refractivity contribution in [1.82, 2.24) is 10.3 Å². The summed E-state index contributed by atoms with van der Waals surface area (Å²) in [5.41, 5.74) is 2.20. The van der Waals surface area contributed by atoms with E-state index in [4.69, 9.17) is 9.15 Å². The van der Waals surface area contributed by atoms with Crippen LogP contribution in [0.25, 0.3) is 11.1 Å². The molecule has 0 radical (unpaired) electrons. The van der Waals surface area contributed by atoms with E-state index in [9.17, 15) is 4.79 Å². The van der Waals surface area contributed by atoms with E-state index in [0.717, 1.165) is 11.1 Å². The van der Waals surface area contributed by atoms with Crippen LogP contribution in [0.3, 0.4) is 0 Å². The topological polar surface area (TPSA) is 76.4 Å². The van der Waals surface area contributed by atoms with Gasteiger partial charge in [-0.3, -0.25) is 4.79 Å². The standard InChI is InChI=1S/C15H21N3O3/c1-10(2)15-18-12-8-11(4-5-13(12)21-15)17-14(19)9-16-6-7-20-3/h4-5,8,10,16H,6-7,9H2,1-3H3,(H,17,19). The van der Waals surface area contributed by atoms with E-state index < -0.39 is 0 Å². The number of fused-ring (bicyclic) bond motifs is 1. The lowest BCUT2D eigenvalue weighted by Gasteiger charge is -2.06. The molecule has 2 rings (SSSR count). The third kappa shape index (κ3) is 4.27. The van der Waals surface area contributed by atoms with Crippen LogP contribution in [0.2, 0.25) is 0 Å². The monoisotopic (exact) mass is 291 g/mol. The lowest BCUT2D eigenvalue weighted by atomic mass is 10.2. The highest BCUT2D eigenvalue weighted by Crippen LogP contribution is 2.23. The number of carbonyl (C=O) groups is 1. The van der Waals surface area contributed by atoms with E-state index in [-0.39, 0.29) is 18.4 Å². The van der Waals surface area contributed by atoms with Gasteiger partial charge in [-0.2, -0.15) is 0 Å². The number of aromatic nitrogens is 1. The molecule has 1 amide bonds. The summed E-state index contributed by atoms with van der Waals surface area (Å²) in [6.45, 7) is 5.52. The molecule has 0 aliphatic heterocycles. The molecule has 114 valence electrons. The van der Waals surface area contributed by atoms with Crippen molar-refractivity contribution in [2.45, 2.75) is 19.8 Å². The number of hydrogen-bond acceptors (Lipinski definition) is 5. The maximum Gasteiger partial charge on any atom is 0.238 e. The summed E-state index contributed by atoms with van der Waals surface area (Å²) in [5.74, 6) is 0.841. The molecule has 2 aromatic rings. The third-order valence-corrected chi connectivity index (χ3v) is 2.95. The molecule has 0 aliphatic rings. The van der Waals surface area contributed by atoms with Gasteiger partial charge in [0.1, 0.15) is 5.52 Å².